The Morgan fingerprint density at radius 2 is 2.33 bits per heavy atom. The van der Waals surface area contributed by atoms with Crippen LogP contribution in [0.2, 0.25) is 0 Å². The normalized spacial score (nSPS) is 30.5. The molecule has 1 aliphatic carbocycles. The van der Waals surface area contributed by atoms with E-state index in [-0.39, 0.29) is 6.10 Å². The first kappa shape index (κ1) is 9.52. The largest absolute Gasteiger partial charge is 0.411 e. The first-order valence-electron chi connectivity index (χ1n) is 4.63. The second-order valence-electron chi connectivity index (χ2n) is 3.62. The zero-order valence-corrected chi connectivity index (χ0v) is 7.53. The minimum absolute atomic E-state index is 0.287. The summed E-state index contributed by atoms with van der Waals surface area (Å²) >= 11 is 0. The average molecular weight is 171 g/mol. The standard InChI is InChI=1S/C9H17NO2/c1-7(11)6-8-4-2-3-5-9(8)10-12/h7-8,11-12H,2-6H2,1H3. The van der Waals surface area contributed by atoms with Gasteiger partial charge in [0.1, 0.15) is 0 Å². The molecule has 0 aromatic rings. The third-order valence-electron chi connectivity index (χ3n) is 2.46. The molecule has 1 rings (SSSR count). The molecule has 0 bridgehead atoms. The lowest BCUT2D eigenvalue weighted by Crippen LogP contribution is -2.23. The lowest BCUT2D eigenvalue weighted by Gasteiger charge is -2.23. The van der Waals surface area contributed by atoms with Crippen LogP contribution >= 0.6 is 0 Å². The monoisotopic (exact) mass is 171 g/mol. The van der Waals surface area contributed by atoms with E-state index in [2.05, 4.69) is 5.16 Å². The van der Waals surface area contributed by atoms with Crippen molar-refractivity contribution < 1.29 is 10.3 Å². The molecule has 0 heterocycles. The highest BCUT2D eigenvalue weighted by atomic mass is 16.4. The van der Waals surface area contributed by atoms with Gasteiger partial charge >= 0.3 is 0 Å². The number of rotatable bonds is 2. The van der Waals surface area contributed by atoms with Crippen molar-refractivity contribution in [2.45, 2.75) is 45.1 Å². The summed E-state index contributed by atoms with van der Waals surface area (Å²) in [5.41, 5.74) is 0.877. The molecule has 2 N–H and O–H groups in total. The zero-order valence-electron chi connectivity index (χ0n) is 7.53. The fourth-order valence-corrected chi connectivity index (χ4v) is 1.86. The average Bonchev–Trinajstić information content (AvgIpc) is 2.04. The van der Waals surface area contributed by atoms with Gasteiger partial charge < -0.3 is 10.3 Å². The molecule has 0 radical (unpaired) electrons. The van der Waals surface area contributed by atoms with Crippen LogP contribution in [-0.4, -0.2) is 22.1 Å². The minimum Gasteiger partial charge on any atom is -0.411 e. The van der Waals surface area contributed by atoms with E-state index in [0.717, 1.165) is 31.4 Å². The molecule has 3 heteroatoms. The van der Waals surface area contributed by atoms with E-state index in [4.69, 9.17) is 5.21 Å². The maximum atomic E-state index is 9.18. The number of oxime groups is 1. The molecular weight excluding hydrogens is 154 g/mol. The van der Waals surface area contributed by atoms with Crippen LogP contribution in [-0.2, 0) is 0 Å². The molecule has 0 spiro atoms. The molecule has 2 unspecified atom stereocenters. The van der Waals surface area contributed by atoms with E-state index >= 15 is 0 Å². The quantitative estimate of drug-likeness (QED) is 0.491. The van der Waals surface area contributed by atoms with Crippen LogP contribution in [0.25, 0.3) is 0 Å². The predicted octanol–water partition coefficient (Wildman–Crippen LogP) is 1.78. The summed E-state index contributed by atoms with van der Waals surface area (Å²) < 4.78 is 0. The molecule has 12 heavy (non-hydrogen) atoms. The number of nitrogens with zero attached hydrogens (tertiary/aromatic N) is 1. The molecule has 0 aliphatic heterocycles. The molecule has 1 fully saturated rings. The third kappa shape index (κ3) is 2.48. The van der Waals surface area contributed by atoms with Crippen molar-refractivity contribution in [2.75, 3.05) is 0 Å². The summed E-state index contributed by atoms with van der Waals surface area (Å²) in [7, 11) is 0. The van der Waals surface area contributed by atoms with E-state index in [9.17, 15) is 5.11 Å². The number of aliphatic hydroxyl groups excluding tert-OH is 1. The molecule has 2 atom stereocenters. The van der Waals surface area contributed by atoms with E-state index in [1.54, 1.807) is 6.92 Å². The minimum atomic E-state index is -0.287. The van der Waals surface area contributed by atoms with E-state index in [0.29, 0.717) is 5.92 Å². The second kappa shape index (κ2) is 4.45. The maximum absolute atomic E-state index is 9.18. The van der Waals surface area contributed by atoms with Crippen LogP contribution in [0, 0.1) is 5.92 Å². The lowest BCUT2D eigenvalue weighted by molar-refractivity contribution is 0.167. The summed E-state index contributed by atoms with van der Waals surface area (Å²) in [5, 5.41) is 21.1. The molecule has 0 aromatic heterocycles. The summed E-state index contributed by atoms with van der Waals surface area (Å²) in [5.74, 6) is 0.309. The van der Waals surface area contributed by atoms with E-state index in [1.807, 2.05) is 0 Å². The lowest BCUT2D eigenvalue weighted by atomic mass is 9.84. The SMILES string of the molecule is CC(O)CC1CCCCC1=NO. The highest BCUT2D eigenvalue weighted by Gasteiger charge is 2.21. The van der Waals surface area contributed by atoms with Gasteiger partial charge in [0.05, 0.1) is 11.8 Å². The molecule has 1 saturated carbocycles. The smallest absolute Gasteiger partial charge is 0.0602 e. The Morgan fingerprint density at radius 3 is 2.92 bits per heavy atom. The van der Waals surface area contributed by atoms with Crippen LogP contribution in [0.1, 0.15) is 39.0 Å². The Bertz CT molecular complexity index is 166. The van der Waals surface area contributed by atoms with Crippen molar-refractivity contribution in [3.8, 4) is 0 Å². The van der Waals surface area contributed by atoms with Crippen LogP contribution in [0.3, 0.4) is 0 Å². The van der Waals surface area contributed by atoms with Gasteiger partial charge in [-0.05, 0) is 32.6 Å². The Hall–Kier alpha value is -0.570. The summed E-state index contributed by atoms with van der Waals surface area (Å²) in [6.07, 6.45) is 4.72. The second-order valence-corrected chi connectivity index (χ2v) is 3.62. The van der Waals surface area contributed by atoms with Gasteiger partial charge in [-0.2, -0.15) is 0 Å². The van der Waals surface area contributed by atoms with Crippen LogP contribution in [0.4, 0.5) is 0 Å². The van der Waals surface area contributed by atoms with Crippen molar-refractivity contribution in [3.63, 3.8) is 0 Å². The van der Waals surface area contributed by atoms with Gasteiger partial charge in [-0.3, -0.25) is 0 Å². The van der Waals surface area contributed by atoms with Crippen LogP contribution in [0.5, 0.6) is 0 Å². The Balaban J connectivity index is 2.48. The highest BCUT2D eigenvalue weighted by molar-refractivity contribution is 5.86. The first-order valence-corrected chi connectivity index (χ1v) is 4.63. The third-order valence-corrected chi connectivity index (χ3v) is 2.46. The maximum Gasteiger partial charge on any atom is 0.0602 e. The molecule has 3 nitrogen and oxygen atoms in total. The summed E-state index contributed by atoms with van der Waals surface area (Å²) in [6, 6.07) is 0. The Labute approximate surface area is 73.1 Å². The highest BCUT2D eigenvalue weighted by Crippen LogP contribution is 2.25. The van der Waals surface area contributed by atoms with Gasteiger partial charge in [0.2, 0.25) is 0 Å². The van der Waals surface area contributed by atoms with E-state index < -0.39 is 0 Å². The molecule has 70 valence electrons. The van der Waals surface area contributed by atoms with Gasteiger partial charge in [-0.1, -0.05) is 11.6 Å². The Morgan fingerprint density at radius 1 is 1.58 bits per heavy atom. The number of aliphatic hydroxyl groups is 1. The van der Waals surface area contributed by atoms with Gasteiger partial charge in [0, 0.05) is 5.92 Å². The summed E-state index contributed by atoms with van der Waals surface area (Å²) in [4.78, 5) is 0. The van der Waals surface area contributed by atoms with Crippen molar-refractivity contribution in [1.29, 1.82) is 0 Å². The van der Waals surface area contributed by atoms with Crippen molar-refractivity contribution in [2.24, 2.45) is 11.1 Å². The molecular formula is C9H17NO2. The molecule has 1 aliphatic rings. The number of hydrogen-bond donors (Lipinski definition) is 2. The predicted molar refractivity (Wildman–Crippen MR) is 47.5 cm³/mol. The van der Waals surface area contributed by atoms with Gasteiger partial charge in [-0.15, -0.1) is 0 Å². The van der Waals surface area contributed by atoms with Crippen molar-refractivity contribution in [1.82, 2.24) is 0 Å². The molecule has 0 saturated heterocycles. The Kier molecular flexibility index (Phi) is 3.53. The first-order chi connectivity index (χ1) is 5.74. The summed E-state index contributed by atoms with van der Waals surface area (Å²) in [6.45, 7) is 1.78. The van der Waals surface area contributed by atoms with Crippen molar-refractivity contribution >= 4 is 5.71 Å². The van der Waals surface area contributed by atoms with Crippen molar-refractivity contribution in [3.05, 3.63) is 0 Å². The topological polar surface area (TPSA) is 52.8 Å². The number of hydrogen-bond acceptors (Lipinski definition) is 3. The fourth-order valence-electron chi connectivity index (χ4n) is 1.86. The molecule has 0 amide bonds. The molecule has 0 aromatic carbocycles. The van der Waals surface area contributed by atoms with Gasteiger partial charge in [0.15, 0.2) is 0 Å². The van der Waals surface area contributed by atoms with E-state index in [1.165, 1.54) is 6.42 Å². The van der Waals surface area contributed by atoms with Crippen LogP contribution in [0.15, 0.2) is 5.16 Å². The zero-order chi connectivity index (χ0) is 8.97. The van der Waals surface area contributed by atoms with Gasteiger partial charge in [0.25, 0.3) is 0 Å². The van der Waals surface area contributed by atoms with Crippen LogP contribution < -0.4 is 0 Å². The fraction of sp³-hybridized carbons (Fsp3) is 0.889. The van der Waals surface area contributed by atoms with Gasteiger partial charge in [-0.25, -0.2) is 0 Å².